The first-order chi connectivity index (χ1) is 9.36. The summed E-state index contributed by atoms with van der Waals surface area (Å²) in [6, 6.07) is 9.77. The Hall–Kier alpha value is -1.18. The zero-order chi connectivity index (χ0) is 13.1. The fraction of sp³-hybridized carbons (Fsp3) is 0.647. The van der Waals surface area contributed by atoms with E-state index in [2.05, 4.69) is 41.4 Å². The van der Waals surface area contributed by atoms with Gasteiger partial charge in [-0.15, -0.1) is 0 Å². The van der Waals surface area contributed by atoms with Crippen LogP contribution in [0.3, 0.4) is 0 Å². The highest BCUT2D eigenvalue weighted by Crippen LogP contribution is 2.35. The molecule has 1 aromatic carbocycles. The molecule has 1 heterocycles. The normalized spacial score (nSPS) is 21.2. The first kappa shape index (κ1) is 12.8. The van der Waals surface area contributed by atoms with Crippen LogP contribution in [0.4, 0.5) is 11.4 Å². The molecule has 1 aliphatic carbocycles. The zero-order valence-corrected chi connectivity index (χ0v) is 12.1. The van der Waals surface area contributed by atoms with Crippen LogP contribution in [-0.2, 0) is 0 Å². The summed E-state index contributed by atoms with van der Waals surface area (Å²) in [7, 11) is 0. The molecule has 1 saturated carbocycles. The molecule has 1 unspecified atom stereocenters. The van der Waals surface area contributed by atoms with Gasteiger partial charge in [-0.3, -0.25) is 0 Å². The van der Waals surface area contributed by atoms with Gasteiger partial charge in [0.1, 0.15) is 0 Å². The number of hydrogen-bond donors (Lipinski definition) is 1. The molecule has 2 nitrogen and oxygen atoms in total. The third-order valence-electron chi connectivity index (χ3n) is 4.57. The van der Waals surface area contributed by atoms with Crippen molar-refractivity contribution in [2.75, 3.05) is 23.3 Å². The van der Waals surface area contributed by atoms with Gasteiger partial charge < -0.3 is 10.2 Å². The zero-order valence-electron chi connectivity index (χ0n) is 12.1. The molecule has 2 fully saturated rings. The lowest BCUT2D eigenvalue weighted by Crippen LogP contribution is -2.29. The van der Waals surface area contributed by atoms with E-state index in [-0.39, 0.29) is 0 Å². The van der Waals surface area contributed by atoms with Gasteiger partial charge in [-0.25, -0.2) is 0 Å². The fourth-order valence-corrected chi connectivity index (χ4v) is 3.19. The van der Waals surface area contributed by atoms with Crippen LogP contribution in [0.25, 0.3) is 0 Å². The van der Waals surface area contributed by atoms with E-state index in [4.69, 9.17) is 0 Å². The summed E-state index contributed by atoms with van der Waals surface area (Å²) in [6.45, 7) is 4.75. The van der Waals surface area contributed by atoms with Gasteiger partial charge in [0, 0.05) is 30.5 Å². The molecule has 1 atom stereocenters. The lowest BCUT2D eigenvalue weighted by molar-refractivity contribution is 0.578. The highest BCUT2D eigenvalue weighted by Gasteiger charge is 2.29. The molecule has 1 aromatic rings. The van der Waals surface area contributed by atoms with Crippen LogP contribution in [0.15, 0.2) is 24.3 Å². The third-order valence-corrected chi connectivity index (χ3v) is 4.57. The van der Waals surface area contributed by atoms with E-state index < -0.39 is 0 Å². The predicted molar refractivity (Wildman–Crippen MR) is 82.9 cm³/mol. The fourth-order valence-electron chi connectivity index (χ4n) is 3.19. The molecule has 1 aliphatic heterocycles. The van der Waals surface area contributed by atoms with E-state index in [1.165, 1.54) is 63.0 Å². The number of nitrogens with zero attached hydrogens (tertiary/aromatic N) is 1. The van der Waals surface area contributed by atoms with Crippen LogP contribution in [0.1, 0.15) is 45.4 Å². The highest BCUT2D eigenvalue weighted by molar-refractivity contribution is 5.55. The lowest BCUT2D eigenvalue weighted by atomic mass is 10.1. The Morgan fingerprint density at radius 1 is 1.11 bits per heavy atom. The van der Waals surface area contributed by atoms with Gasteiger partial charge in [0.05, 0.1) is 0 Å². The molecule has 0 spiro atoms. The standard InChI is InChI=1S/C17H26N2/c1-2-17(14-6-7-14)18-15-8-10-16(11-9-15)19-12-4-3-5-13-19/h8-11,14,17-18H,2-7,12-13H2,1H3. The Morgan fingerprint density at radius 2 is 1.79 bits per heavy atom. The molecule has 0 bridgehead atoms. The second-order valence-electron chi connectivity index (χ2n) is 6.09. The molecule has 0 radical (unpaired) electrons. The van der Waals surface area contributed by atoms with Crippen molar-refractivity contribution in [1.82, 2.24) is 0 Å². The molecule has 2 heteroatoms. The summed E-state index contributed by atoms with van der Waals surface area (Å²) in [4.78, 5) is 2.52. The van der Waals surface area contributed by atoms with E-state index >= 15 is 0 Å². The maximum Gasteiger partial charge on any atom is 0.0367 e. The summed E-state index contributed by atoms with van der Waals surface area (Å²) in [5.74, 6) is 0.923. The van der Waals surface area contributed by atoms with E-state index in [1.807, 2.05) is 0 Å². The molecule has 3 rings (SSSR count). The second kappa shape index (κ2) is 5.85. The van der Waals surface area contributed by atoms with Gasteiger partial charge in [0.2, 0.25) is 0 Å². The minimum Gasteiger partial charge on any atom is -0.382 e. The van der Waals surface area contributed by atoms with Crippen molar-refractivity contribution >= 4 is 11.4 Å². The molecule has 19 heavy (non-hydrogen) atoms. The first-order valence-corrected chi connectivity index (χ1v) is 7.98. The maximum atomic E-state index is 3.70. The number of benzene rings is 1. The monoisotopic (exact) mass is 258 g/mol. The molecule has 1 saturated heterocycles. The third kappa shape index (κ3) is 3.23. The Labute approximate surface area is 117 Å². The van der Waals surface area contributed by atoms with Gasteiger partial charge in [-0.1, -0.05) is 6.92 Å². The Balaban J connectivity index is 1.61. The van der Waals surface area contributed by atoms with Gasteiger partial charge in [-0.2, -0.15) is 0 Å². The summed E-state index contributed by atoms with van der Waals surface area (Å²) < 4.78 is 0. The molecule has 2 aliphatic rings. The molecule has 0 amide bonds. The van der Waals surface area contributed by atoms with Crippen LogP contribution in [0.2, 0.25) is 0 Å². The number of rotatable bonds is 5. The van der Waals surface area contributed by atoms with Crippen molar-refractivity contribution in [3.05, 3.63) is 24.3 Å². The van der Waals surface area contributed by atoms with Gasteiger partial charge in [-0.05, 0) is 68.7 Å². The van der Waals surface area contributed by atoms with Crippen LogP contribution < -0.4 is 10.2 Å². The van der Waals surface area contributed by atoms with Crippen LogP contribution in [-0.4, -0.2) is 19.1 Å². The van der Waals surface area contributed by atoms with Crippen LogP contribution in [0.5, 0.6) is 0 Å². The summed E-state index contributed by atoms with van der Waals surface area (Å²) >= 11 is 0. The summed E-state index contributed by atoms with van der Waals surface area (Å²) in [5, 5.41) is 3.70. The summed E-state index contributed by atoms with van der Waals surface area (Å²) in [6.07, 6.45) is 8.15. The largest absolute Gasteiger partial charge is 0.382 e. The van der Waals surface area contributed by atoms with Crippen molar-refractivity contribution in [2.45, 2.75) is 51.5 Å². The minimum atomic E-state index is 0.681. The average molecular weight is 258 g/mol. The Morgan fingerprint density at radius 3 is 2.37 bits per heavy atom. The Bertz CT molecular complexity index is 388. The molecule has 1 N–H and O–H groups in total. The smallest absolute Gasteiger partial charge is 0.0367 e. The van der Waals surface area contributed by atoms with Crippen LogP contribution >= 0.6 is 0 Å². The summed E-state index contributed by atoms with van der Waals surface area (Å²) in [5.41, 5.74) is 2.68. The van der Waals surface area contributed by atoms with Crippen molar-refractivity contribution < 1.29 is 0 Å². The number of piperidine rings is 1. The quantitative estimate of drug-likeness (QED) is 0.848. The first-order valence-electron chi connectivity index (χ1n) is 7.98. The maximum absolute atomic E-state index is 3.70. The van der Waals surface area contributed by atoms with E-state index in [0.29, 0.717) is 6.04 Å². The average Bonchev–Trinajstić information content (AvgIpc) is 3.31. The van der Waals surface area contributed by atoms with Crippen molar-refractivity contribution in [2.24, 2.45) is 5.92 Å². The molecule has 0 aromatic heterocycles. The predicted octanol–water partition coefficient (Wildman–Crippen LogP) is 4.28. The highest BCUT2D eigenvalue weighted by atomic mass is 15.1. The van der Waals surface area contributed by atoms with Crippen molar-refractivity contribution in [3.8, 4) is 0 Å². The molecule has 104 valence electrons. The SMILES string of the molecule is CCC(Nc1ccc(N2CCCCC2)cc1)C1CC1. The number of nitrogens with one attached hydrogen (secondary N) is 1. The van der Waals surface area contributed by atoms with Gasteiger partial charge in [0.25, 0.3) is 0 Å². The second-order valence-corrected chi connectivity index (χ2v) is 6.09. The van der Waals surface area contributed by atoms with Crippen LogP contribution in [0, 0.1) is 5.92 Å². The lowest BCUT2D eigenvalue weighted by Gasteiger charge is -2.29. The van der Waals surface area contributed by atoms with E-state index in [1.54, 1.807) is 0 Å². The topological polar surface area (TPSA) is 15.3 Å². The number of hydrogen-bond acceptors (Lipinski definition) is 2. The van der Waals surface area contributed by atoms with Crippen molar-refractivity contribution in [3.63, 3.8) is 0 Å². The van der Waals surface area contributed by atoms with E-state index in [0.717, 1.165) is 5.92 Å². The molecular weight excluding hydrogens is 232 g/mol. The minimum absolute atomic E-state index is 0.681. The van der Waals surface area contributed by atoms with Gasteiger partial charge in [0.15, 0.2) is 0 Å². The Kier molecular flexibility index (Phi) is 3.95. The molecular formula is C17H26N2. The number of anilines is 2. The van der Waals surface area contributed by atoms with Crippen molar-refractivity contribution in [1.29, 1.82) is 0 Å². The van der Waals surface area contributed by atoms with Gasteiger partial charge >= 0.3 is 0 Å². The van der Waals surface area contributed by atoms with E-state index in [9.17, 15) is 0 Å².